The highest BCUT2D eigenvalue weighted by Gasteiger charge is 2.51. The third-order valence-electron chi connectivity index (χ3n) is 4.24. The predicted octanol–water partition coefficient (Wildman–Crippen LogP) is 1.95. The van der Waals surface area contributed by atoms with E-state index >= 15 is 0 Å². The van der Waals surface area contributed by atoms with E-state index in [2.05, 4.69) is 10.4 Å². The summed E-state index contributed by atoms with van der Waals surface area (Å²) >= 11 is 5.89. The van der Waals surface area contributed by atoms with Gasteiger partial charge in [0, 0.05) is 24.8 Å². The van der Waals surface area contributed by atoms with Gasteiger partial charge in [0.25, 0.3) is 0 Å². The molecule has 1 saturated carbocycles. The van der Waals surface area contributed by atoms with Gasteiger partial charge in [0.1, 0.15) is 6.10 Å². The maximum atomic E-state index is 12.5. The summed E-state index contributed by atoms with van der Waals surface area (Å²) in [6.07, 6.45) is 2.50. The van der Waals surface area contributed by atoms with Crippen molar-refractivity contribution < 1.29 is 9.90 Å². The van der Waals surface area contributed by atoms with Gasteiger partial charge in [-0.05, 0) is 36.6 Å². The molecule has 116 valence electrons. The van der Waals surface area contributed by atoms with E-state index in [9.17, 15) is 9.90 Å². The lowest BCUT2D eigenvalue weighted by molar-refractivity contribution is -0.124. The highest BCUT2D eigenvalue weighted by molar-refractivity contribution is 6.30. The minimum atomic E-state index is -0.766. The maximum absolute atomic E-state index is 12.5. The smallest absolute Gasteiger partial charge is 0.230 e. The molecule has 0 spiro atoms. The van der Waals surface area contributed by atoms with E-state index in [-0.39, 0.29) is 12.5 Å². The Hall–Kier alpha value is -1.85. The number of aryl methyl sites for hydroxylation is 1. The number of carbonyl (C=O) groups is 1. The van der Waals surface area contributed by atoms with Gasteiger partial charge in [-0.3, -0.25) is 9.48 Å². The monoisotopic (exact) mass is 319 g/mol. The van der Waals surface area contributed by atoms with Crippen molar-refractivity contribution in [3.05, 3.63) is 52.8 Å². The van der Waals surface area contributed by atoms with E-state index in [4.69, 9.17) is 11.6 Å². The lowest BCUT2D eigenvalue weighted by atomic mass is 9.95. The van der Waals surface area contributed by atoms with Crippen molar-refractivity contribution in [2.24, 2.45) is 7.05 Å². The third-order valence-corrected chi connectivity index (χ3v) is 4.49. The maximum Gasteiger partial charge on any atom is 0.230 e. The molecule has 1 aromatic carbocycles. The minimum Gasteiger partial charge on any atom is -0.385 e. The first-order chi connectivity index (χ1) is 10.5. The Labute approximate surface area is 133 Å². The summed E-state index contributed by atoms with van der Waals surface area (Å²) in [5, 5.41) is 17.7. The second kappa shape index (κ2) is 5.74. The molecule has 1 amide bonds. The topological polar surface area (TPSA) is 67.2 Å². The first kappa shape index (κ1) is 15.1. The molecule has 2 aromatic rings. The molecule has 2 N–H and O–H groups in total. The molecule has 1 aliphatic rings. The Balaban J connectivity index is 1.65. The standard InChI is InChI=1S/C16H18ClN3O2/c1-20-13(6-9-19-20)14(21)10-18-15(22)16(7-8-16)11-2-4-12(17)5-3-11/h2-6,9,14,21H,7-8,10H2,1H3,(H,18,22). The quantitative estimate of drug-likeness (QED) is 0.885. The van der Waals surface area contributed by atoms with Crippen LogP contribution >= 0.6 is 11.6 Å². The van der Waals surface area contributed by atoms with Crippen LogP contribution in [0.5, 0.6) is 0 Å². The van der Waals surface area contributed by atoms with Crippen LogP contribution in [0.3, 0.4) is 0 Å². The Morgan fingerprint density at radius 3 is 2.64 bits per heavy atom. The number of aliphatic hydroxyl groups is 1. The number of hydrogen-bond donors (Lipinski definition) is 2. The number of aliphatic hydroxyl groups excluding tert-OH is 1. The van der Waals surface area contributed by atoms with Crippen molar-refractivity contribution >= 4 is 17.5 Å². The lowest BCUT2D eigenvalue weighted by Crippen LogP contribution is -2.37. The highest BCUT2D eigenvalue weighted by atomic mass is 35.5. The zero-order chi connectivity index (χ0) is 15.7. The first-order valence-corrected chi connectivity index (χ1v) is 7.61. The van der Waals surface area contributed by atoms with Gasteiger partial charge >= 0.3 is 0 Å². The molecule has 0 saturated heterocycles. The zero-order valence-electron chi connectivity index (χ0n) is 12.3. The van der Waals surface area contributed by atoms with Crippen molar-refractivity contribution in [3.8, 4) is 0 Å². The number of hydrogen-bond acceptors (Lipinski definition) is 3. The number of nitrogens with zero attached hydrogens (tertiary/aromatic N) is 2. The Bertz CT molecular complexity index is 677. The molecule has 6 heteroatoms. The van der Waals surface area contributed by atoms with E-state index in [0.717, 1.165) is 18.4 Å². The third kappa shape index (κ3) is 2.74. The number of nitrogens with one attached hydrogen (secondary N) is 1. The average Bonchev–Trinajstić information content (AvgIpc) is 3.21. The van der Waals surface area contributed by atoms with Crippen LogP contribution in [-0.2, 0) is 17.3 Å². The molecule has 0 radical (unpaired) electrons. The molecule has 1 aliphatic carbocycles. The van der Waals surface area contributed by atoms with Crippen molar-refractivity contribution in [2.75, 3.05) is 6.54 Å². The minimum absolute atomic E-state index is 0.0453. The fraction of sp³-hybridized carbons (Fsp3) is 0.375. The van der Waals surface area contributed by atoms with Crippen LogP contribution < -0.4 is 5.32 Å². The summed E-state index contributed by atoms with van der Waals surface area (Å²) in [6, 6.07) is 9.13. The second-order valence-electron chi connectivity index (χ2n) is 5.69. The molecule has 5 nitrogen and oxygen atoms in total. The van der Waals surface area contributed by atoms with E-state index in [1.807, 2.05) is 12.1 Å². The van der Waals surface area contributed by atoms with Gasteiger partial charge in [-0.2, -0.15) is 5.10 Å². The van der Waals surface area contributed by atoms with Gasteiger partial charge in [-0.1, -0.05) is 23.7 Å². The average molecular weight is 320 g/mol. The summed E-state index contributed by atoms with van der Waals surface area (Å²) in [5.74, 6) is -0.0453. The van der Waals surface area contributed by atoms with Gasteiger partial charge in [0.15, 0.2) is 0 Å². The predicted molar refractivity (Wildman–Crippen MR) is 83.5 cm³/mol. The first-order valence-electron chi connectivity index (χ1n) is 7.23. The molecule has 0 aliphatic heterocycles. The van der Waals surface area contributed by atoms with Gasteiger partial charge < -0.3 is 10.4 Å². The number of halogens is 1. The normalized spacial score (nSPS) is 17.0. The summed E-state index contributed by atoms with van der Waals surface area (Å²) in [5.41, 5.74) is 1.19. The van der Waals surface area contributed by atoms with Crippen LogP contribution in [0.4, 0.5) is 0 Å². The van der Waals surface area contributed by atoms with Crippen molar-refractivity contribution in [1.29, 1.82) is 0 Å². The van der Waals surface area contributed by atoms with Crippen molar-refractivity contribution in [1.82, 2.24) is 15.1 Å². The summed E-state index contributed by atoms with van der Waals surface area (Å²) in [7, 11) is 1.76. The fourth-order valence-electron chi connectivity index (χ4n) is 2.71. The van der Waals surface area contributed by atoms with E-state index in [1.54, 1.807) is 36.1 Å². The molecule has 3 rings (SSSR count). The highest BCUT2D eigenvalue weighted by Crippen LogP contribution is 2.48. The van der Waals surface area contributed by atoms with Crippen LogP contribution in [0.25, 0.3) is 0 Å². The largest absolute Gasteiger partial charge is 0.385 e. The van der Waals surface area contributed by atoms with E-state index in [1.165, 1.54) is 0 Å². The van der Waals surface area contributed by atoms with Gasteiger partial charge in [0.05, 0.1) is 11.1 Å². The van der Waals surface area contributed by atoms with Crippen LogP contribution in [0.1, 0.15) is 30.2 Å². The van der Waals surface area contributed by atoms with Crippen LogP contribution in [-0.4, -0.2) is 27.3 Å². The number of carbonyl (C=O) groups excluding carboxylic acids is 1. The van der Waals surface area contributed by atoms with Crippen LogP contribution in [0, 0.1) is 0 Å². The number of benzene rings is 1. The molecule has 1 heterocycles. The lowest BCUT2D eigenvalue weighted by Gasteiger charge is -2.18. The molecule has 1 aromatic heterocycles. The summed E-state index contributed by atoms with van der Waals surface area (Å²) in [4.78, 5) is 12.5. The van der Waals surface area contributed by atoms with E-state index in [0.29, 0.717) is 10.7 Å². The van der Waals surface area contributed by atoms with Crippen molar-refractivity contribution in [3.63, 3.8) is 0 Å². The van der Waals surface area contributed by atoms with Gasteiger partial charge in [0.2, 0.25) is 5.91 Å². The number of aromatic nitrogens is 2. The Morgan fingerprint density at radius 1 is 1.41 bits per heavy atom. The second-order valence-corrected chi connectivity index (χ2v) is 6.13. The van der Waals surface area contributed by atoms with Gasteiger partial charge in [-0.15, -0.1) is 0 Å². The Morgan fingerprint density at radius 2 is 2.09 bits per heavy atom. The molecule has 1 fully saturated rings. The molecule has 0 bridgehead atoms. The molecule has 22 heavy (non-hydrogen) atoms. The molecular weight excluding hydrogens is 302 g/mol. The van der Waals surface area contributed by atoms with Gasteiger partial charge in [-0.25, -0.2) is 0 Å². The number of rotatable bonds is 5. The molecule has 1 unspecified atom stereocenters. The fourth-order valence-corrected chi connectivity index (χ4v) is 2.84. The van der Waals surface area contributed by atoms with Crippen LogP contribution in [0.2, 0.25) is 5.02 Å². The van der Waals surface area contributed by atoms with Crippen molar-refractivity contribution in [2.45, 2.75) is 24.4 Å². The zero-order valence-corrected chi connectivity index (χ0v) is 13.0. The SMILES string of the molecule is Cn1nccc1C(O)CNC(=O)C1(c2ccc(Cl)cc2)CC1. The molecular formula is C16H18ClN3O2. The summed E-state index contributed by atoms with van der Waals surface area (Å²) < 4.78 is 1.60. The Kier molecular flexibility index (Phi) is 3.93. The van der Waals surface area contributed by atoms with Crippen LogP contribution in [0.15, 0.2) is 36.5 Å². The summed E-state index contributed by atoms with van der Waals surface area (Å²) in [6.45, 7) is 0.174. The number of amides is 1. The molecule has 1 atom stereocenters. The van der Waals surface area contributed by atoms with E-state index < -0.39 is 11.5 Å².